The predicted molar refractivity (Wildman–Crippen MR) is 73.7 cm³/mol. The van der Waals surface area contributed by atoms with E-state index in [9.17, 15) is 4.79 Å². The van der Waals surface area contributed by atoms with Gasteiger partial charge in [-0.25, -0.2) is 0 Å². The van der Waals surface area contributed by atoms with E-state index in [1.807, 2.05) is 17.0 Å². The number of benzene rings is 1. The molecular weight excluding hydrogens is 244 g/mol. The molecule has 0 atom stereocenters. The predicted octanol–water partition coefficient (Wildman–Crippen LogP) is 2.99. The number of anilines is 1. The molecule has 1 amide bonds. The maximum atomic E-state index is 11.5. The van der Waals surface area contributed by atoms with E-state index in [-0.39, 0.29) is 5.91 Å². The van der Waals surface area contributed by atoms with Crippen LogP contribution in [0.5, 0.6) is 0 Å². The smallest absolute Gasteiger partial charge is 0.223 e. The Morgan fingerprint density at radius 2 is 2.39 bits per heavy atom. The summed E-state index contributed by atoms with van der Waals surface area (Å²) < 4.78 is 0. The highest BCUT2D eigenvalue weighted by molar-refractivity contribution is 7.99. The summed E-state index contributed by atoms with van der Waals surface area (Å²) in [5.41, 5.74) is 2.30. The summed E-state index contributed by atoms with van der Waals surface area (Å²) in [5.74, 6) is 0.937. The lowest BCUT2D eigenvalue weighted by molar-refractivity contribution is -0.116. The van der Waals surface area contributed by atoms with Crippen LogP contribution in [-0.2, 0) is 11.2 Å². The second-order valence-electron chi connectivity index (χ2n) is 4.32. The summed E-state index contributed by atoms with van der Waals surface area (Å²) >= 11 is 1.70. The van der Waals surface area contributed by atoms with Crippen LogP contribution >= 0.6 is 11.8 Å². The number of hydrogen-bond donors (Lipinski definition) is 0. The number of aryl methyl sites for hydroxylation is 1. The van der Waals surface area contributed by atoms with E-state index >= 15 is 0 Å². The Kier molecular flexibility index (Phi) is 4.27. The molecule has 2 rings (SSSR count). The Morgan fingerprint density at radius 3 is 3.11 bits per heavy atom. The van der Waals surface area contributed by atoms with Gasteiger partial charge in [0.2, 0.25) is 5.91 Å². The first-order chi connectivity index (χ1) is 8.72. The second-order valence-corrected chi connectivity index (χ2v) is 5.49. The molecule has 1 aromatic carbocycles. The van der Waals surface area contributed by atoms with Crippen LogP contribution in [0.1, 0.15) is 25.3 Å². The van der Waals surface area contributed by atoms with Crippen molar-refractivity contribution in [1.82, 2.24) is 0 Å². The van der Waals surface area contributed by atoms with Crippen LogP contribution in [0.2, 0.25) is 0 Å². The van der Waals surface area contributed by atoms with Gasteiger partial charge in [0.15, 0.2) is 0 Å². The van der Waals surface area contributed by atoms with E-state index in [0.29, 0.717) is 6.42 Å². The van der Waals surface area contributed by atoms with E-state index < -0.39 is 0 Å². The van der Waals surface area contributed by atoms with Crippen molar-refractivity contribution in [3.8, 4) is 6.07 Å². The van der Waals surface area contributed by atoms with E-state index in [4.69, 9.17) is 5.26 Å². The van der Waals surface area contributed by atoms with Crippen molar-refractivity contribution in [1.29, 1.82) is 5.26 Å². The zero-order chi connectivity index (χ0) is 13.0. The highest BCUT2D eigenvalue weighted by atomic mass is 32.2. The van der Waals surface area contributed by atoms with Crippen LogP contribution in [0.4, 0.5) is 5.69 Å². The third-order valence-electron chi connectivity index (χ3n) is 3.03. The molecular formula is C14H16N2OS. The Labute approximate surface area is 112 Å². The average molecular weight is 260 g/mol. The number of rotatable bonds is 3. The second kappa shape index (κ2) is 5.92. The van der Waals surface area contributed by atoms with Crippen molar-refractivity contribution in [2.24, 2.45) is 0 Å². The number of hydrogen-bond acceptors (Lipinski definition) is 3. The normalized spacial score (nSPS) is 13.9. The minimum atomic E-state index is 0.112. The molecule has 1 aliphatic rings. The van der Waals surface area contributed by atoms with Crippen molar-refractivity contribution in [2.75, 3.05) is 17.2 Å². The van der Waals surface area contributed by atoms with Crippen LogP contribution in [0, 0.1) is 11.3 Å². The minimum absolute atomic E-state index is 0.112. The third kappa shape index (κ3) is 2.85. The highest BCUT2D eigenvalue weighted by Crippen LogP contribution is 2.31. The molecule has 18 heavy (non-hydrogen) atoms. The summed E-state index contributed by atoms with van der Waals surface area (Å²) in [6, 6.07) is 8.38. The van der Waals surface area contributed by atoms with Gasteiger partial charge in [-0.2, -0.15) is 5.26 Å². The van der Waals surface area contributed by atoms with Crippen molar-refractivity contribution >= 4 is 23.4 Å². The molecule has 0 N–H and O–H groups in total. The Bertz CT molecular complexity index is 493. The molecule has 3 nitrogen and oxygen atoms in total. The molecule has 0 saturated carbocycles. The maximum absolute atomic E-state index is 11.5. The lowest BCUT2D eigenvalue weighted by atomic mass is 10.0. The monoisotopic (exact) mass is 260 g/mol. The van der Waals surface area contributed by atoms with Crippen LogP contribution in [0.3, 0.4) is 0 Å². The van der Waals surface area contributed by atoms with E-state index in [1.165, 1.54) is 10.5 Å². The fourth-order valence-electron chi connectivity index (χ4n) is 2.20. The zero-order valence-electron chi connectivity index (χ0n) is 10.5. The molecule has 1 aromatic rings. The third-order valence-corrected chi connectivity index (χ3v) is 4.03. The fraction of sp³-hybridized carbons (Fsp3) is 0.429. The van der Waals surface area contributed by atoms with Crippen LogP contribution in [0.15, 0.2) is 23.1 Å². The van der Waals surface area contributed by atoms with Gasteiger partial charge in [-0.05, 0) is 36.6 Å². The Balaban J connectivity index is 2.17. The van der Waals surface area contributed by atoms with Crippen molar-refractivity contribution < 1.29 is 4.79 Å². The van der Waals surface area contributed by atoms with Gasteiger partial charge in [0.25, 0.3) is 0 Å². The van der Waals surface area contributed by atoms with E-state index in [0.717, 1.165) is 30.8 Å². The highest BCUT2D eigenvalue weighted by Gasteiger charge is 2.19. The van der Waals surface area contributed by atoms with Gasteiger partial charge < -0.3 is 4.90 Å². The molecule has 0 spiro atoms. The largest absolute Gasteiger partial charge is 0.312 e. The molecule has 0 bridgehead atoms. The van der Waals surface area contributed by atoms with Gasteiger partial charge in [-0.1, -0.05) is 0 Å². The maximum Gasteiger partial charge on any atom is 0.223 e. The molecule has 0 aromatic heterocycles. The summed E-state index contributed by atoms with van der Waals surface area (Å²) in [7, 11) is 0. The topological polar surface area (TPSA) is 44.1 Å². The lowest BCUT2D eigenvalue weighted by Gasteiger charge is -2.28. The van der Waals surface area contributed by atoms with E-state index in [1.54, 1.807) is 18.7 Å². The standard InChI is InChI=1S/C14H16N2OS/c1-11(17)16-8-2-4-12-10-13(5-6-14(12)16)18-9-3-7-15/h5-6,10H,2-4,8-9H2,1H3. The van der Waals surface area contributed by atoms with Crippen LogP contribution < -0.4 is 4.90 Å². The number of nitriles is 1. The van der Waals surface area contributed by atoms with Crippen LogP contribution in [0.25, 0.3) is 0 Å². The van der Waals surface area contributed by atoms with Gasteiger partial charge in [0.1, 0.15) is 0 Å². The molecule has 4 heteroatoms. The average Bonchev–Trinajstić information content (AvgIpc) is 2.38. The van der Waals surface area contributed by atoms with Gasteiger partial charge >= 0.3 is 0 Å². The number of carbonyl (C=O) groups excluding carboxylic acids is 1. The zero-order valence-corrected chi connectivity index (χ0v) is 11.3. The Morgan fingerprint density at radius 1 is 1.56 bits per heavy atom. The van der Waals surface area contributed by atoms with Gasteiger partial charge in [0, 0.05) is 36.2 Å². The molecule has 0 saturated heterocycles. The number of nitrogens with zero attached hydrogens (tertiary/aromatic N) is 2. The number of amides is 1. The van der Waals surface area contributed by atoms with E-state index in [2.05, 4.69) is 12.1 Å². The summed E-state index contributed by atoms with van der Waals surface area (Å²) in [4.78, 5) is 14.6. The fourth-order valence-corrected chi connectivity index (χ4v) is 3.02. The quantitative estimate of drug-likeness (QED) is 0.620. The molecule has 94 valence electrons. The minimum Gasteiger partial charge on any atom is -0.312 e. The SMILES string of the molecule is CC(=O)N1CCCc2cc(SCCC#N)ccc21. The molecule has 1 heterocycles. The first kappa shape index (κ1) is 13.0. The van der Waals surface area contributed by atoms with Crippen molar-refractivity contribution in [3.05, 3.63) is 23.8 Å². The summed E-state index contributed by atoms with van der Waals surface area (Å²) in [5, 5.41) is 8.52. The number of thioether (sulfide) groups is 1. The molecule has 0 fully saturated rings. The number of fused-ring (bicyclic) bond motifs is 1. The summed E-state index contributed by atoms with van der Waals surface area (Å²) in [6.07, 6.45) is 2.63. The van der Waals surface area contributed by atoms with Gasteiger partial charge in [-0.3, -0.25) is 4.79 Å². The Hall–Kier alpha value is -1.47. The van der Waals surface area contributed by atoms with Gasteiger partial charge in [0.05, 0.1) is 6.07 Å². The first-order valence-corrected chi connectivity index (χ1v) is 7.11. The molecule has 0 unspecified atom stereocenters. The van der Waals surface area contributed by atoms with Crippen molar-refractivity contribution in [3.63, 3.8) is 0 Å². The van der Waals surface area contributed by atoms with Gasteiger partial charge in [-0.15, -0.1) is 11.8 Å². The van der Waals surface area contributed by atoms with Crippen molar-refractivity contribution in [2.45, 2.75) is 31.1 Å². The lowest BCUT2D eigenvalue weighted by Crippen LogP contribution is -2.33. The molecule has 1 aliphatic heterocycles. The van der Waals surface area contributed by atoms with Crippen LogP contribution in [-0.4, -0.2) is 18.2 Å². The molecule has 0 aliphatic carbocycles. The molecule has 0 radical (unpaired) electrons. The number of carbonyl (C=O) groups is 1. The summed E-state index contributed by atoms with van der Waals surface area (Å²) in [6.45, 7) is 2.44. The first-order valence-electron chi connectivity index (χ1n) is 6.13.